The van der Waals surface area contributed by atoms with E-state index in [0.717, 1.165) is 18.1 Å². The lowest BCUT2D eigenvalue weighted by Crippen LogP contribution is -2.26. The number of aromatic amines is 1. The van der Waals surface area contributed by atoms with E-state index in [1.54, 1.807) is 18.3 Å². The minimum absolute atomic E-state index is 0.00821. The van der Waals surface area contributed by atoms with E-state index in [4.69, 9.17) is 22.9 Å². The van der Waals surface area contributed by atoms with Crippen molar-refractivity contribution in [2.75, 3.05) is 19.6 Å². The number of hydrogen-bond donors (Lipinski definition) is 6. The van der Waals surface area contributed by atoms with Gasteiger partial charge in [0.15, 0.2) is 5.96 Å². The number of aryl methyl sites for hydroxylation is 1. The van der Waals surface area contributed by atoms with Gasteiger partial charge in [0.25, 0.3) is 0 Å². The van der Waals surface area contributed by atoms with Gasteiger partial charge in [0.2, 0.25) is 0 Å². The number of rotatable bonds is 14. The Morgan fingerprint density at radius 3 is 2.50 bits per heavy atom. The highest BCUT2D eigenvalue weighted by molar-refractivity contribution is 5.83. The summed E-state index contributed by atoms with van der Waals surface area (Å²) >= 11 is 0. The fraction of sp³-hybridized carbons (Fsp3) is 0.387. The van der Waals surface area contributed by atoms with E-state index in [9.17, 15) is 18.0 Å². The molecular formula is C31H40F3N9O. The van der Waals surface area contributed by atoms with E-state index < -0.39 is 17.4 Å². The number of H-pyrrole nitrogens is 1. The Balaban J connectivity index is 1.58. The molecule has 0 aliphatic heterocycles. The Kier molecular flexibility index (Phi) is 10.8. The largest absolute Gasteiger partial charge is 0.416 e. The molecule has 2 heterocycles. The molecule has 4 rings (SSSR count). The zero-order chi connectivity index (χ0) is 31.9. The van der Waals surface area contributed by atoms with E-state index in [1.165, 1.54) is 10.6 Å². The van der Waals surface area contributed by atoms with Gasteiger partial charge in [-0.15, -0.1) is 0 Å². The van der Waals surface area contributed by atoms with Crippen LogP contribution >= 0.6 is 0 Å². The lowest BCUT2D eigenvalue weighted by molar-refractivity contribution is -0.137. The fourth-order valence-corrected chi connectivity index (χ4v) is 5.10. The third-order valence-electron chi connectivity index (χ3n) is 7.31. The van der Waals surface area contributed by atoms with E-state index >= 15 is 0 Å². The number of alkyl halides is 3. The number of hydrogen-bond acceptors (Lipinski definition) is 6. The van der Waals surface area contributed by atoms with Crippen molar-refractivity contribution in [1.82, 2.24) is 19.9 Å². The summed E-state index contributed by atoms with van der Waals surface area (Å²) < 4.78 is 42.6. The molecule has 13 heteroatoms. The lowest BCUT2D eigenvalue weighted by Gasteiger charge is -2.19. The topological polar surface area (TPSA) is 179 Å². The predicted molar refractivity (Wildman–Crippen MR) is 168 cm³/mol. The molecule has 0 bridgehead atoms. The van der Waals surface area contributed by atoms with Crippen molar-refractivity contribution in [3.05, 3.63) is 81.9 Å². The highest BCUT2D eigenvalue weighted by atomic mass is 19.4. The molecular weight excluding hydrogens is 571 g/mol. The predicted octanol–water partition coefficient (Wildman–Crippen LogP) is 3.71. The molecule has 0 aliphatic rings. The molecule has 2 aromatic carbocycles. The van der Waals surface area contributed by atoms with E-state index in [1.807, 2.05) is 31.2 Å². The molecule has 2 aromatic heterocycles. The van der Waals surface area contributed by atoms with Gasteiger partial charge in [-0.25, -0.2) is 4.79 Å². The summed E-state index contributed by atoms with van der Waals surface area (Å²) in [6, 6.07) is 13.2. The van der Waals surface area contributed by atoms with Crippen molar-refractivity contribution in [2.24, 2.45) is 27.9 Å². The van der Waals surface area contributed by atoms with Crippen molar-refractivity contribution in [3.63, 3.8) is 0 Å². The van der Waals surface area contributed by atoms with Crippen molar-refractivity contribution < 1.29 is 13.2 Å². The first-order valence-electron chi connectivity index (χ1n) is 14.6. The molecule has 0 amide bonds. The van der Waals surface area contributed by atoms with Crippen LogP contribution in [0, 0.1) is 0 Å². The van der Waals surface area contributed by atoms with Crippen LogP contribution in [-0.4, -0.2) is 46.2 Å². The van der Waals surface area contributed by atoms with Crippen LogP contribution in [0.2, 0.25) is 0 Å². The molecule has 10 N–H and O–H groups in total. The van der Waals surface area contributed by atoms with Gasteiger partial charge >= 0.3 is 11.9 Å². The Hall–Kier alpha value is -4.20. The molecule has 0 unspecified atom stereocenters. The van der Waals surface area contributed by atoms with E-state index in [0.29, 0.717) is 78.9 Å². The maximum absolute atomic E-state index is 13.7. The zero-order valence-corrected chi connectivity index (χ0v) is 24.7. The monoisotopic (exact) mass is 611 g/mol. The molecule has 0 spiro atoms. The van der Waals surface area contributed by atoms with Crippen molar-refractivity contribution in [1.29, 1.82) is 0 Å². The third-order valence-corrected chi connectivity index (χ3v) is 7.31. The van der Waals surface area contributed by atoms with Crippen molar-refractivity contribution in [3.8, 4) is 16.9 Å². The van der Waals surface area contributed by atoms with Crippen LogP contribution in [0.4, 0.5) is 13.2 Å². The first-order valence-corrected chi connectivity index (χ1v) is 14.6. The zero-order valence-electron chi connectivity index (χ0n) is 24.7. The fourth-order valence-electron chi connectivity index (χ4n) is 5.10. The van der Waals surface area contributed by atoms with Gasteiger partial charge in [0, 0.05) is 35.9 Å². The van der Waals surface area contributed by atoms with Crippen LogP contribution in [0.25, 0.3) is 28.0 Å². The number of nitrogens with two attached hydrogens (primary N) is 4. The van der Waals surface area contributed by atoms with Crippen molar-refractivity contribution in [2.45, 2.75) is 57.3 Å². The molecule has 0 saturated carbocycles. The lowest BCUT2D eigenvalue weighted by atomic mass is 9.99. The van der Waals surface area contributed by atoms with Crippen molar-refractivity contribution >= 4 is 17.0 Å². The highest BCUT2D eigenvalue weighted by Gasteiger charge is 2.31. The normalized spacial score (nSPS) is 13.2. The molecule has 0 saturated heterocycles. The minimum Gasteiger partial charge on any atom is -0.370 e. The maximum atomic E-state index is 13.7. The summed E-state index contributed by atoms with van der Waals surface area (Å²) in [5.41, 5.74) is 24.4. The van der Waals surface area contributed by atoms with E-state index in [-0.39, 0.29) is 18.0 Å². The smallest absolute Gasteiger partial charge is 0.370 e. The second kappa shape index (κ2) is 14.5. The van der Waals surface area contributed by atoms with Gasteiger partial charge in [-0.05, 0) is 105 Å². The highest BCUT2D eigenvalue weighted by Crippen LogP contribution is 2.34. The molecule has 10 nitrogen and oxygen atoms in total. The second-order valence-electron chi connectivity index (χ2n) is 11.0. The summed E-state index contributed by atoms with van der Waals surface area (Å²) in [5, 5.41) is 4.05. The number of halogens is 3. The third kappa shape index (κ3) is 8.68. The molecule has 236 valence electrons. The number of guanidine groups is 1. The molecule has 4 aromatic rings. The number of nitrogens with zero attached hydrogens (tertiary/aromatic N) is 3. The number of fused-ring (bicyclic) bond motifs is 1. The number of aromatic nitrogens is 3. The summed E-state index contributed by atoms with van der Waals surface area (Å²) in [5.74, 6) is 0.0615. The van der Waals surface area contributed by atoms with Crippen LogP contribution in [0.5, 0.6) is 0 Å². The number of aliphatic imine (C=N–C) groups is 1. The Morgan fingerprint density at radius 1 is 1.09 bits per heavy atom. The standard InChI is InChI=1S/C31H40F3N9O/c1-19(36)4-2-5-20-14-22(16-24(15-20)31(32,33)34)27-17-23-18-43(30(44)42-28(23)41-27)25-8-6-21(7-9-25)26(10-11-35)39-12-3-13-40-29(37)38/h6-9,14-19,26,39H,2-5,10-13,35-36H2,1H3,(H4,37,38,40)(H,41,42,44)/t19-,26-/m0/s1. The summed E-state index contributed by atoms with van der Waals surface area (Å²) in [7, 11) is 0. The van der Waals surface area contributed by atoms with Crippen LogP contribution < -0.4 is 33.9 Å². The van der Waals surface area contributed by atoms with Gasteiger partial charge in [-0.3, -0.25) is 9.56 Å². The molecule has 0 radical (unpaired) electrons. The number of benzene rings is 2. The first kappa shape index (κ1) is 32.7. The summed E-state index contributed by atoms with van der Waals surface area (Å²) in [6.07, 6.45) is 0.456. The number of nitrogens with one attached hydrogen (secondary N) is 2. The Labute approximate surface area is 253 Å². The maximum Gasteiger partial charge on any atom is 0.416 e. The van der Waals surface area contributed by atoms with Crippen LogP contribution in [0.3, 0.4) is 0 Å². The average molecular weight is 612 g/mol. The van der Waals surface area contributed by atoms with Gasteiger partial charge in [-0.2, -0.15) is 18.2 Å². The molecule has 2 atom stereocenters. The van der Waals surface area contributed by atoms with Crippen LogP contribution in [0.15, 0.2) is 64.5 Å². The quantitative estimate of drug-likeness (QED) is 0.0714. The van der Waals surface area contributed by atoms with Gasteiger partial charge in [0.1, 0.15) is 5.65 Å². The Bertz CT molecular complexity index is 1620. The summed E-state index contributed by atoms with van der Waals surface area (Å²) in [6.45, 7) is 3.57. The first-order chi connectivity index (χ1) is 20.9. The van der Waals surface area contributed by atoms with Crippen LogP contribution in [-0.2, 0) is 12.6 Å². The summed E-state index contributed by atoms with van der Waals surface area (Å²) in [4.78, 5) is 24.2. The van der Waals surface area contributed by atoms with Gasteiger partial charge in [-0.1, -0.05) is 12.1 Å². The molecule has 0 aliphatic carbocycles. The van der Waals surface area contributed by atoms with Gasteiger partial charge in [0.05, 0.1) is 11.3 Å². The van der Waals surface area contributed by atoms with Gasteiger partial charge < -0.3 is 33.2 Å². The minimum atomic E-state index is -4.50. The molecule has 44 heavy (non-hydrogen) atoms. The second-order valence-corrected chi connectivity index (χ2v) is 11.0. The van der Waals surface area contributed by atoms with Crippen LogP contribution in [0.1, 0.15) is 55.3 Å². The molecule has 0 fully saturated rings. The average Bonchev–Trinajstić information content (AvgIpc) is 3.38. The SMILES string of the molecule is C[C@H](N)CCCc1cc(-c2cc3cn(-c4ccc([C@H](CCN)NCCCN=C(N)N)cc4)c(=O)nc3[nH]2)cc(C(F)(F)F)c1. The van der Waals surface area contributed by atoms with E-state index in [2.05, 4.69) is 20.3 Å². The Morgan fingerprint density at radius 2 is 1.84 bits per heavy atom.